The monoisotopic (exact) mass is 254 g/mol. The first-order valence-corrected chi connectivity index (χ1v) is 4.78. The predicted octanol–water partition coefficient (Wildman–Crippen LogP) is -0.791. The molecule has 0 saturated carbocycles. The van der Waals surface area contributed by atoms with Crippen LogP contribution in [0, 0.1) is 0 Å². The Balaban J connectivity index is 3.27. The summed E-state index contributed by atoms with van der Waals surface area (Å²) in [6.45, 7) is 1.79. The van der Waals surface area contributed by atoms with Crippen molar-refractivity contribution in [2.24, 2.45) is 5.84 Å². The summed E-state index contributed by atoms with van der Waals surface area (Å²) in [5.41, 5.74) is -1.88. The topological polar surface area (TPSA) is 147 Å². The standard InChI is InChI=1S/C9H10N4O5/c1-2-13(10)7(14)4-3-11-5(8(15)16)6(12-4)9(17)18/h3H,2,10H2,1H3,(H,15,16)(H,17,18). The number of rotatable bonds is 4. The number of carboxylic acid groups (broad SMARTS) is 2. The van der Waals surface area contributed by atoms with Crippen LogP contribution >= 0.6 is 0 Å². The summed E-state index contributed by atoms with van der Waals surface area (Å²) < 4.78 is 0. The van der Waals surface area contributed by atoms with Crippen LogP contribution in [0.4, 0.5) is 0 Å². The van der Waals surface area contributed by atoms with Crippen molar-refractivity contribution in [1.29, 1.82) is 0 Å². The van der Waals surface area contributed by atoms with Gasteiger partial charge in [-0.2, -0.15) is 0 Å². The highest BCUT2D eigenvalue weighted by Gasteiger charge is 2.23. The second-order valence-corrected chi connectivity index (χ2v) is 3.15. The molecule has 0 unspecified atom stereocenters. The molecule has 1 heterocycles. The van der Waals surface area contributed by atoms with E-state index in [1.807, 2.05) is 0 Å². The van der Waals surface area contributed by atoms with Gasteiger partial charge in [0.05, 0.1) is 6.20 Å². The van der Waals surface area contributed by atoms with Crippen LogP contribution in [0.1, 0.15) is 38.4 Å². The van der Waals surface area contributed by atoms with Gasteiger partial charge >= 0.3 is 11.9 Å². The molecule has 1 aromatic heterocycles. The molecule has 0 fully saturated rings. The Morgan fingerprint density at radius 3 is 2.28 bits per heavy atom. The molecule has 4 N–H and O–H groups in total. The number of carbonyl (C=O) groups is 3. The van der Waals surface area contributed by atoms with Crippen molar-refractivity contribution in [2.75, 3.05) is 6.54 Å². The summed E-state index contributed by atoms with van der Waals surface area (Å²) in [5.74, 6) is 1.45. The lowest BCUT2D eigenvalue weighted by Crippen LogP contribution is -2.38. The minimum atomic E-state index is -1.59. The van der Waals surface area contributed by atoms with E-state index in [0.29, 0.717) is 0 Å². The van der Waals surface area contributed by atoms with Gasteiger partial charge in [0.25, 0.3) is 5.91 Å². The Labute approximate surface area is 101 Å². The van der Waals surface area contributed by atoms with Gasteiger partial charge in [-0.25, -0.2) is 25.4 Å². The predicted molar refractivity (Wildman–Crippen MR) is 56.8 cm³/mol. The van der Waals surface area contributed by atoms with E-state index in [-0.39, 0.29) is 12.2 Å². The Bertz CT molecular complexity index is 516. The number of aromatic carboxylic acids is 2. The van der Waals surface area contributed by atoms with Gasteiger partial charge in [-0.1, -0.05) is 0 Å². The molecule has 9 heteroatoms. The van der Waals surface area contributed by atoms with Crippen LogP contribution in [0.2, 0.25) is 0 Å². The SMILES string of the molecule is CCN(N)C(=O)c1cnc(C(=O)O)c(C(=O)O)n1. The van der Waals surface area contributed by atoms with Crippen LogP contribution in [0.25, 0.3) is 0 Å². The van der Waals surface area contributed by atoms with Gasteiger partial charge in [0.1, 0.15) is 5.69 Å². The molecule has 1 rings (SSSR count). The van der Waals surface area contributed by atoms with Gasteiger partial charge in [-0.05, 0) is 6.92 Å². The normalized spacial score (nSPS) is 9.89. The maximum Gasteiger partial charge on any atom is 0.357 e. The van der Waals surface area contributed by atoms with Gasteiger partial charge in [-0.15, -0.1) is 0 Å². The fourth-order valence-electron chi connectivity index (χ4n) is 1.09. The minimum Gasteiger partial charge on any atom is -0.476 e. The van der Waals surface area contributed by atoms with Crippen LogP contribution < -0.4 is 5.84 Å². The van der Waals surface area contributed by atoms with E-state index in [0.717, 1.165) is 11.2 Å². The third-order valence-electron chi connectivity index (χ3n) is 2.00. The van der Waals surface area contributed by atoms with Gasteiger partial charge in [0.2, 0.25) is 0 Å². The first kappa shape index (κ1) is 13.5. The van der Waals surface area contributed by atoms with E-state index in [4.69, 9.17) is 16.1 Å². The first-order chi connectivity index (χ1) is 8.38. The highest BCUT2D eigenvalue weighted by Crippen LogP contribution is 2.06. The van der Waals surface area contributed by atoms with Crippen molar-refractivity contribution in [3.8, 4) is 0 Å². The molecule has 96 valence electrons. The Hall–Kier alpha value is -2.55. The first-order valence-electron chi connectivity index (χ1n) is 4.78. The van der Waals surface area contributed by atoms with Crippen molar-refractivity contribution >= 4 is 17.8 Å². The lowest BCUT2D eigenvalue weighted by molar-refractivity contribution is 0.0638. The number of carboxylic acids is 2. The maximum absolute atomic E-state index is 11.6. The number of aromatic nitrogens is 2. The fourth-order valence-corrected chi connectivity index (χ4v) is 1.09. The number of hydrogen-bond donors (Lipinski definition) is 3. The molecule has 18 heavy (non-hydrogen) atoms. The molecule has 0 aromatic carbocycles. The van der Waals surface area contributed by atoms with Gasteiger partial charge in [0, 0.05) is 6.54 Å². The van der Waals surface area contributed by atoms with Crippen LogP contribution in [-0.4, -0.2) is 49.6 Å². The van der Waals surface area contributed by atoms with Crippen molar-refractivity contribution in [2.45, 2.75) is 6.92 Å². The van der Waals surface area contributed by atoms with E-state index in [1.54, 1.807) is 6.92 Å². The molecule has 9 nitrogen and oxygen atoms in total. The third-order valence-corrected chi connectivity index (χ3v) is 2.00. The van der Waals surface area contributed by atoms with Crippen molar-refractivity contribution in [3.05, 3.63) is 23.3 Å². The van der Waals surface area contributed by atoms with Crippen LogP contribution in [-0.2, 0) is 0 Å². The fraction of sp³-hybridized carbons (Fsp3) is 0.222. The highest BCUT2D eigenvalue weighted by atomic mass is 16.4. The molecular weight excluding hydrogens is 244 g/mol. The lowest BCUT2D eigenvalue weighted by Gasteiger charge is -2.13. The number of hydrogen-bond acceptors (Lipinski definition) is 6. The quantitative estimate of drug-likeness (QED) is 0.359. The summed E-state index contributed by atoms with van der Waals surface area (Å²) in [4.78, 5) is 40.0. The zero-order valence-corrected chi connectivity index (χ0v) is 9.32. The van der Waals surface area contributed by atoms with E-state index in [2.05, 4.69) is 9.97 Å². The largest absolute Gasteiger partial charge is 0.476 e. The van der Waals surface area contributed by atoms with Gasteiger partial charge in [0.15, 0.2) is 11.4 Å². The van der Waals surface area contributed by atoms with Gasteiger partial charge in [-0.3, -0.25) is 9.80 Å². The van der Waals surface area contributed by atoms with E-state index < -0.39 is 29.2 Å². The molecule has 0 atom stereocenters. The zero-order chi connectivity index (χ0) is 13.9. The number of nitrogens with zero attached hydrogens (tertiary/aromatic N) is 3. The molecular formula is C9H10N4O5. The van der Waals surface area contributed by atoms with E-state index >= 15 is 0 Å². The number of carbonyl (C=O) groups excluding carboxylic acids is 1. The Morgan fingerprint density at radius 1 is 1.28 bits per heavy atom. The third kappa shape index (κ3) is 2.58. The summed E-state index contributed by atoms with van der Waals surface area (Å²) >= 11 is 0. The highest BCUT2D eigenvalue weighted by molar-refractivity contribution is 6.00. The Kier molecular flexibility index (Phi) is 3.89. The average Bonchev–Trinajstić information content (AvgIpc) is 2.35. The molecule has 0 spiro atoms. The maximum atomic E-state index is 11.6. The van der Waals surface area contributed by atoms with Gasteiger partial charge < -0.3 is 10.2 Å². The van der Waals surface area contributed by atoms with E-state index in [9.17, 15) is 14.4 Å². The Morgan fingerprint density at radius 2 is 1.83 bits per heavy atom. The number of amides is 1. The number of hydrazine groups is 1. The molecule has 1 aromatic rings. The zero-order valence-electron chi connectivity index (χ0n) is 9.32. The second-order valence-electron chi connectivity index (χ2n) is 3.15. The number of nitrogens with two attached hydrogens (primary N) is 1. The van der Waals surface area contributed by atoms with E-state index in [1.165, 1.54) is 0 Å². The summed E-state index contributed by atoms with van der Waals surface area (Å²) in [6.07, 6.45) is 0.869. The van der Waals surface area contributed by atoms with Crippen molar-refractivity contribution < 1.29 is 24.6 Å². The second kappa shape index (κ2) is 5.19. The van der Waals surface area contributed by atoms with Crippen LogP contribution in [0.15, 0.2) is 6.20 Å². The van der Waals surface area contributed by atoms with Crippen LogP contribution in [0.5, 0.6) is 0 Å². The van der Waals surface area contributed by atoms with Crippen LogP contribution in [0.3, 0.4) is 0 Å². The molecule has 0 saturated heterocycles. The van der Waals surface area contributed by atoms with Crippen molar-refractivity contribution in [1.82, 2.24) is 15.0 Å². The molecule has 0 aliphatic heterocycles. The summed E-state index contributed by atoms with van der Waals surface area (Å²) in [6, 6.07) is 0. The minimum absolute atomic E-state index is 0.184. The molecule has 0 aliphatic rings. The molecule has 1 amide bonds. The van der Waals surface area contributed by atoms with Crippen molar-refractivity contribution in [3.63, 3.8) is 0 Å². The smallest absolute Gasteiger partial charge is 0.357 e. The average molecular weight is 254 g/mol. The summed E-state index contributed by atoms with van der Waals surface area (Å²) in [7, 11) is 0. The summed E-state index contributed by atoms with van der Waals surface area (Å²) in [5, 5.41) is 18.3. The lowest BCUT2D eigenvalue weighted by atomic mass is 10.3. The molecule has 0 radical (unpaired) electrons. The molecule has 0 bridgehead atoms. The molecule has 0 aliphatic carbocycles.